The Bertz CT molecular complexity index is 2490. The van der Waals surface area contributed by atoms with Crippen LogP contribution in [0.1, 0.15) is 90.3 Å². The summed E-state index contributed by atoms with van der Waals surface area (Å²) in [5.74, 6) is -11.7. The van der Waals surface area contributed by atoms with E-state index in [0.29, 0.717) is 17.7 Å². The lowest BCUT2D eigenvalue weighted by atomic mass is 10.0. The number of guanidine groups is 1. The molecular formula is C51H82N16O15S. The highest BCUT2D eigenvalue weighted by Gasteiger charge is 2.37. The summed E-state index contributed by atoms with van der Waals surface area (Å²) in [6.07, 6.45) is 1.73. The SMILES string of the molecule is CSCC[C@H](NC(=O)[C@@H](CO)NC(C)=O)C(=O)N[C@H](C(=O)N[C@@H](CC(=O)O)C(=O)N[C@@H](CCCCN)C(=O)N[C@@H](Cc1ccc(O)cc1)C(=O)N[C@@H](CCCNC(=N)N)C(=O)N[C@@H](CC(C)C)C(=O)N[C@@H](Cc1c[nH]cn1)C(N)=O)[C@@H](C)O. The van der Waals surface area contributed by atoms with Crippen molar-refractivity contribution in [2.75, 3.05) is 31.7 Å². The number of nitrogens with zero attached hydrogens (tertiary/aromatic N) is 1. The summed E-state index contributed by atoms with van der Waals surface area (Å²) >= 11 is 1.29. The number of H-pyrrole nitrogens is 1. The first-order valence-corrected chi connectivity index (χ1v) is 28.1. The van der Waals surface area contributed by atoms with Crippen molar-refractivity contribution < 1.29 is 73.2 Å². The Kier molecular flexibility index (Phi) is 31.7. The van der Waals surface area contributed by atoms with E-state index in [1.165, 1.54) is 48.6 Å². The van der Waals surface area contributed by atoms with Gasteiger partial charge in [0.1, 0.15) is 60.1 Å². The van der Waals surface area contributed by atoms with Gasteiger partial charge in [0.25, 0.3) is 0 Å². The Morgan fingerprint density at radius 3 is 1.66 bits per heavy atom. The fraction of sp³-hybridized carbons (Fsp3) is 0.588. The minimum Gasteiger partial charge on any atom is -0.508 e. The van der Waals surface area contributed by atoms with Crippen molar-refractivity contribution in [2.45, 2.75) is 152 Å². The Morgan fingerprint density at radius 2 is 1.16 bits per heavy atom. The van der Waals surface area contributed by atoms with Crippen molar-refractivity contribution in [2.24, 2.45) is 23.1 Å². The summed E-state index contributed by atoms with van der Waals surface area (Å²) in [6.45, 7) is 5.12. The largest absolute Gasteiger partial charge is 0.508 e. The number of hydrogen-bond acceptors (Lipinski definition) is 18. The molecule has 0 radical (unpaired) electrons. The maximum Gasteiger partial charge on any atom is 0.305 e. The van der Waals surface area contributed by atoms with Crippen molar-refractivity contribution in [3.8, 4) is 5.75 Å². The highest BCUT2D eigenvalue weighted by atomic mass is 32.2. The Hall–Kier alpha value is -8.10. The minimum atomic E-state index is -1.98. The molecule has 0 aliphatic rings. The average Bonchev–Trinajstić information content (AvgIpc) is 3.98. The molecule has 10 amide bonds. The molecule has 31 nitrogen and oxygen atoms in total. The molecule has 0 spiro atoms. The Balaban J connectivity index is 2.54. The maximum atomic E-state index is 14.6. The number of unbranched alkanes of at least 4 members (excludes halogenated alkanes) is 1. The molecule has 83 heavy (non-hydrogen) atoms. The fourth-order valence-corrected chi connectivity index (χ4v) is 8.53. The number of carbonyl (C=O) groups is 11. The number of benzene rings is 1. The topological polar surface area (TPSA) is 520 Å². The summed E-state index contributed by atoms with van der Waals surface area (Å²) in [5, 5.41) is 72.5. The lowest BCUT2D eigenvalue weighted by molar-refractivity contribution is -0.142. The Morgan fingerprint density at radius 1 is 0.651 bits per heavy atom. The third-order valence-corrected chi connectivity index (χ3v) is 13.0. The number of aromatic nitrogens is 2. The number of carbonyl (C=O) groups excluding carboxylic acids is 10. The molecule has 2 aromatic rings. The number of aliphatic hydroxyl groups is 2. The van der Waals surface area contributed by atoms with Gasteiger partial charge in [-0.15, -0.1) is 0 Å². The van der Waals surface area contributed by atoms with E-state index >= 15 is 0 Å². The van der Waals surface area contributed by atoms with E-state index in [9.17, 15) is 73.2 Å². The number of amides is 10. The Labute approximate surface area is 484 Å². The number of aliphatic carboxylic acids is 1. The lowest BCUT2D eigenvalue weighted by Crippen LogP contribution is -2.62. The number of aromatic amines is 1. The predicted octanol–water partition coefficient (Wildman–Crippen LogP) is -5.19. The average molecular weight is 1190 g/mol. The molecule has 2 rings (SSSR count). The number of carboxylic acids is 1. The summed E-state index contributed by atoms with van der Waals surface area (Å²) in [7, 11) is 0. The standard InChI is InChI=1S/C51H82N16O15S/c1-26(2)19-36(46(78)63-35(42(53)74)21-30-23-56-25-58-30)64-44(76)33(10-8-17-57-51(54)55)61-47(79)37(20-29-11-13-31(71)14-12-29)65-43(75)32(9-6-7-16-52)60-48(80)38(22-40(72)73)66-50(82)41(27(3)69)67-45(77)34(15-18-83-5)62-49(81)39(24-68)59-28(4)70/h11-14,23,25-27,32-39,41,68-69,71H,6-10,15-22,24,52H2,1-5H3,(H2,53,74)(H,56,58)(H,59,70)(H,60,80)(H,61,79)(H,62,81)(H,63,78)(H,64,76)(H,65,75)(H,66,82)(H,67,77)(H,72,73)(H4,54,55,57)/t27-,32+,33+,34+,35+,36+,37+,38+,39-,41+/m1/s1. The quantitative estimate of drug-likeness (QED) is 0.0169. The van der Waals surface area contributed by atoms with E-state index in [0.717, 1.165) is 13.8 Å². The van der Waals surface area contributed by atoms with Crippen LogP contribution in [0.5, 0.6) is 5.75 Å². The number of thioether (sulfide) groups is 1. The van der Waals surface area contributed by atoms with Gasteiger partial charge in [-0.25, -0.2) is 4.98 Å². The maximum absolute atomic E-state index is 14.6. The van der Waals surface area contributed by atoms with E-state index in [-0.39, 0.29) is 87.8 Å². The number of hydrogen-bond donors (Lipinski definition) is 19. The summed E-state index contributed by atoms with van der Waals surface area (Å²) in [5.41, 5.74) is 17.6. The molecule has 0 bridgehead atoms. The monoisotopic (exact) mass is 1190 g/mol. The van der Waals surface area contributed by atoms with Gasteiger partial charge in [-0.2, -0.15) is 11.8 Å². The molecule has 32 heteroatoms. The van der Waals surface area contributed by atoms with Crippen LogP contribution >= 0.6 is 11.8 Å². The number of primary amides is 1. The summed E-state index contributed by atoms with van der Waals surface area (Å²) in [6, 6.07) is -8.28. The smallest absolute Gasteiger partial charge is 0.305 e. The molecule has 1 aromatic heterocycles. The molecule has 0 aliphatic heterocycles. The third-order valence-electron chi connectivity index (χ3n) is 12.4. The number of phenolic OH excluding ortho intramolecular Hbond substituents is 1. The summed E-state index contributed by atoms with van der Waals surface area (Å²) in [4.78, 5) is 155. The highest BCUT2D eigenvalue weighted by Crippen LogP contribution is 2.15. The summed E-state index contributed by atoms with van der Waals surface area (Å²) < 4.78 is 0. The van der Waals surface area contributed by atoms with Crippen LogP contribution in [0, 0.1) is 11.3 Å². The van der Waals surface area contributed by atoms with Gasteiger partial charge in [-0.05, 0) is 94.0 Å². The molecule has 0 unspecified atom stereocenters. The highest BCUT2D eigenvalue weighted by molar-refractivity contribution is 7.98. The zero-order valence-electron chi connectivity index (χ0n) is 47.1. The molecular weight excluding hydrogens is 1110 g/mol. The number of nitrogens with two attached hydrogens (primary N) is 3. The van der Waals surface area contributed by atoms with Gasteiger partial charge in [0.05, 0.1) is 31.2 Å². The normalized spacial score (nSPS) is 14.7. The second-order valence-corrected chi connectivity index (χ2v) is 20.9. The van der Waals surface area contributed by atoms with Crippen LogP contribution in [0.25, 0.3) is 0 Å². The number of carboxylic acid groups (broad SMARTS) is 1. The zero-order chi connectivity index (χ0) is 62.3. The van der Waals surface area contributed by atoms with Gasteiger partial charge in [0.2, 0.25) is 59.1 Å². The number of aromatic hydroxyl groups is 1. The molecule has 0 aliphatic carbocycles. The van der Waals surface area contributed by atoms with E-state index in [2.05, 4.69) is 63.1 Å². The second-order valence-electron chi connectivity index (χ2n) is 19.9. The predicted molar refractivity (Wildman–Crippen MR) is 302 cm³/mol. The second kappa shape index (κ2) is 37.1. The van der Waals surface area contributed by atoms with Crippen LogP contribution in [-0.4, -0.2) is 194 Å². The van der Waals surface area contributed by atoms with E-state index in [1.54, 1.807) is 20.1 Å². The van der Waals surface area contributed by atoms with Crippen molar-refractivity contribution in [1.29, 1.82) is 5.41 Å². The van der Waals surface area contributed by atoms with E-state index < -0.39 is 139 Å². The molecule has 1 heterocycles. The third kappa shape index (κ3) is 27.0. The van der Waals surface area contributed by atoms with Crippen molar-refractivity contribution in [1.82, 2.24) is 63.1 Å². The zero-order valence-corrected chi connectivity index (χ0v) is 47.9. The number of nitrogens with one attached hydrogen (secondary N) is 12. The number of aliphatic hydroxyl groups excluding tert-OH is 2. The molecule has 0 saturated heterocycles. The van der Waals surface area contributed by atoms with Crippen LogP contribution in [0.3, 0.4) is 0 Å². The molecule has 1 aromatic carbocycles. The van der Waals surface area contributed by atoms with E-state index in [4.69, 9.17) is 22.6 Å². The lowest BCUT2D eigenvalue weighted by Gasteiger charge is -2.29. The van der Waals surface area contributed by atoms with Gasteiger partial charge in [0, 0.05) is 32.5 Å². The van der Waals surface area contributed by atoms with Gasteiger partial charge >= 0.3 is 5.97 Å². The first kappa shape index (κ1) is 71.0. The van der Waals surface area contributed by atoms with Crippen LogP contribution in [0.2, 0.25) is 0 Å². The number of phenols is 1. The van der Waals surface area contributed by atoms with Crippen molar-refractivity contribution >= 4 is 82.8 Å². The van der Waals surface area contributed by atoms with Crippen LogP contribution in [0.15, 0.2) is 36.8 Å². The van der Waals surface area contributed by atoms with Crippen LogP contribution in [0.4, 0.5) is 0 Å². The molecule has 0 saturated carbocycles. The van der Waals surface area contributed by atoms with Crippen LogP contribution < -0.4 is 70.4 Å². The number of rotatable bonds is 39. The minimum absolute atomic E-state index is 0.0369. The van der Waals surface area contributed by atoms with Crippen LogP contribution in [-0.2, 0) is 65.6 Å². The fourth-order valence-electron chi connectivity index (χ4n) is 8.06. The van der Waals surface area contributed by atoms with Crippen molar-refractivity contribution in [3.05, 3.63) is 48.0 Å². The molecule has 462 valence electrons. The first-order chi connectivity index (χ1) is 39.2. The molecule has 0 fully saturated rings. The number of imidazole rings is 1. The van der Waals surface area contributed by atoms with E-state index in [1.807, 2.05) is 0 Å². The van der Waals surface area contributed by atoms with Crippen molar-refractivity contribution in [3.63, 3.8) is 0 Å². The molecule has 10 atom stereocenters. The van der Waals surface area contributed by atoms with Gasteiger partial charge < -0.3 is 95.8 Å². The van der Waals surface area contributed by atoms with Gasteiger partial charge in [-0.1, -0.05) is 26.0 Å². The first-order valence-electron chi connectivity index (χ1n) is 26.7. The van der Waals surface area contributed by atoms with Gasteiger partial charge in [-0.3, -0.25) is 58.1 Å². The van der Waals surface area contributed by atoms with Gasteiger partial charge in [0.15, 0.2) is 5.96 Å². The molecule has 22 N–H and O–H groups in total.